The summed E-state index contributed by atoms with van der Waals surface area (Å²) in [5.41, 5.74) is 6.30. The molecule has 0 amide bonds. The Kier molecular flexibility index (Phi) is 7.63. The second-order valence-electron chi connectivity index (χ2n) is 12.3. The van der Waals surface area contributed by atoms with Crippen LogP contribution in [0.3, 0.4) is 0 Å². The third-order valence-corrected chi connectivity index (χ3v) is 14.4. The number of aromatic nitrogens is 1. The number of fused-ring (bicyclic) bond motifs is 3. The van der Waals surface area contributed by atoms with Crippen LogP contribution in [0.25, 0.3) is 38.6 Å². The monoisotopic (exact) mass is 652 g/mol. The summed E-state index contributed by atoms with van der Waals surface area (Å²) < 4.78 is 2.17. The maximum absolute atomic E-state index is 10.0. The third-order valence-electron chi connectivity index (χ3n) is 9.64. The Labute approximate surface area is 291 Å². The second-order valence-corrected chi connectivity index (χ2v) is 16.1. The van der Waals surface area contributed by atoms with Crippen LogP contribution in [0.1, 0.15) is 16.7 Å². The maximum Gasteiger partial charge on any atom is 0.179 e. The molecule has 0 unspecified atom stereocenters. The zero-order valence-electron chi connectivity index (χ0n) is 27.0. The summed E-state index contributed by atoms with van der Waals surface area (Å²) in [6.07, 6.45) is 0. The fourth-order valence-corrected chi connectivity index (χ4v) is 12.2. The first-order chi connectivity index (χ1) is 24.6. The Morgan fingerprint density at radius 2 is 0.800 bits per heavy atom. The smallest absolute Gasteiger partial charge is 0.179 e. The van der Waals surface area contributed by atoms with E-state index in [0.717, 1.165) is 38.6 Å². The zero-order chi connectivity index (χ0) is 34.1. The lowest BCUT2D eigenvalue weighted by Gasteiger charge is -2.34. The summed E-state index contributed by atoms with van der Waals surface area (Å²) in [6, 6.07) is 65.4. The fourth-order valence-electron chi connectivity index (χ4n) is 7.42. The number of nitrogens with zero attached hydrogens (tertiary/aromatic N) is 4. The molecule has 4 nitrogen and oxygen atoms in total. The molecular weight excluding hydrogens is 625 g/mol. The first kappa shape index (κ1) is 30.4. The Morgan fingerprint density at radius 1 is 0.400 bits per heavy atom. The van der Waals surface area contributed by atoms with Gasteiger partial charge in [-0.3, -0.25) is 0 Å². The van der Waals surface area contributed by atoms with Gasteiger partial charge in [-0.15, -0.1) is 0 Å². The van der Waals surface area contributed by atoms with Crippen molar-refractivity contribution in [1.82, 2.24) is 4.57 Å². The topological polar surface area (TPSA) is 76.3 Å². The average molecular weight is 653 g/mol. The molecule has 0 aliphatic heterocycles. The molecule has 0 N–H and O–H groups in total. The molecule has 1 aromatic heterocycles. The highest BCUT2D eigenvalue weighted by atomic mass is 28.3. The van der Waals surface area contributed by atoms with Crippen LogP contribution in [0.5, 0.6) is 0 Å². The van der Waals surface area contributed by atoms with Gasteiger partial charge in [0, 0.05) is 16.3 Å². The van der Waals surface area contributed by atoms with Gasteiger partial charge in [0.2, 0.25) is 0 Å². The number of benzene rings is 7. The second kappa shape index (κ2) is 12.6. The minimum absolute atomic E-state index is 0.553. The van der Waals surface area contributed by atoms with Crippen molar-refractivity contribution >= 4 is 50.6 Å². The Bertz CT molecular complexity index is 2490. The summed E-state index contributed by atoms with van der Waals surface area (Å²) in [4.78, 5) is 0. The SMILES string of the molecule is N#Cc1ccc(-n2c3ccc(C#N)cc3c3cc(C#N)ccc32)c(-c2ccc([Si](c3ccccc3)(c3ccccc3)c3ccccc3)cc2)c1. The van der Waals surface area contributed by atoms with Crippen molar-refractivity contribution in [3.05, 3.63) is 187 Å². The molecule has 0 aliphatic carbocycles. The van der Waals surface area contributed by atoms with Crippen molar-refractivity contribution in [2.45, 2.75) is 0 Å². The molecule has 0 saturated carbocycles. The highest BCUT2D eigenvalue weighted by molar-refractivity contribution is 7.19. The lowest BCUT2D eigenvalue weighted by atomic mass is 10.0. The van der Waals surface area contributed by atoms with Gasteiger partial charge in [-0.25, -0.2) is 0 Å². The molecule has 1 heterocycles. The first-order valence-electron chi connectivity index (χ1n) is 16.4. The van der Waals surface area contributed by atoms with Gasteiger partial charge in [0.1, 0.15) is 0 Å². The summed E-state index contributed by atoms with van der Waals surface area (Å²) in [5, 5.41) is 36.4. The van der Waals surface area contributed by atoms with Gasteiger partial charge >= 0.3 is 0 Å². The van der Waals surface area contributed by atoms with Crippen molar-refractivity contribution in [3.63, 3.8) is 0 Å². The summed E-state index contributed by atoms with van der Waals surface area (Å²) in [5.74, 6) is 0. The van der Waals surface area contributed by atoms with Crippen molar-refractivity contribution in [1.29, 1.82) is 15.8 Å². The van der Waals surface area contributed by atoms with Gasteiger partial charge in [0.15, 0.2) is 8.07 Å². The van der Waals surface area contributed by atoms with E-state index >= 15 is 0 Å². The van der Waals surface area contributed by atoms with Gasteiger partial charge in [-0.2, -0.15) is 15.8 Å². The normalized spacial score (nSPS) is 11.1. The van der Waals surface area contributed by atoms with Crippen LogP contribution in [0.2, 0.25) is 0 Å². The van der Waals surface area contributed by atoms with E-state index in [2.05, 4.69) is 138 Å². The predicted octanol–water partition coefficient (Wildman–Crippen LogP) is 7.44. The van der Waals surface area contributed by atoms with E-state index in [4.69, 9.17) is 0 Å². The fraction of sp³-hybridized carbons (Fsp3) is 0. The Morgan fingerprint density at radius 3 is 1.24 bits per heavy atom. The van der Waals surface area contributed by atoms with Crippen LogP contribution in [0, 0.1) is 34.0 Å². The van der Waals surface area contributed by atoms with E-state index in [-0.39, 0.29) is 0 Å². The van der Waals surface area contributed by atoms with E-state index in [0.29, 0.717) is 16.7 Å². The highest BCUT2D eigenvalue weighted by Crippen LogP contribution is 2.37. The molecule has 0 bridgehead atoms. The Hall–Kier alpha value is -6.97. The van der Waals surface area contributed by atoms with Gasteiger partial charge < -0.3 is 4.57 Å². The van der Waals surface area contributed by atoms with E-state index in [1.54, 1.807) is 0 Å². The van der Waals surface area contributed by atoms with Crippen molar-refractivity contribution in [2.75, 3.05) is 0 Å². The number of hydrogen-bond donors (Lipinski definition) is 0. The van der Waals surface area contributed by atoms with E-state index in [1.807, 2.05) is 54.6 Å². The molecule has 8 aromatic rings. The molecule has 0 saturated heterocycles. The molecule has 232 valence electrons. The molecule has 0 aliphatic rings. The van der Waals surface area contributed by atoms with E-state index < -0.39 is 8.07 Å². The summed E-state index contributed by atoms with van der Waals surface area (Å²) >= 11 is 0. The molecule has 8 rings (SSSR count). The molecule has 0 radical (unpaired) electrons. The number of rotatable bonds is 6. The first-order valence-corrected chi connectivity index (χ1v) is 18.4. The maximum atomic E-state index is 10.0. The zero-order valence-corrected chi connectivity index (χ0v) is 28.0. The van der Waals surface area contributed by atoms with Crippen LogP contribution in [-0.2, 0) is 0 Å². The van der Waals surface area contributed by atoms with Crippen LogP contribution in [-0.4, -0.2) is 12.6 Å². The van der Waals surface area contributed by atoms with Gasteiger partial charge in [0.05, 0.1) is 51.6 Å². The summed E-state index contributed by atoms with van der Waals surface area (Å²) in [7, 11) is -2.71. The van der Waals surface area contributed by atoms with E-state index in [9.17, 15) is 15.8 Å². The lowest BCUT2D eigenvalue weighted by Crippen LogP contribution is -2.74. The number of nitriles is 3. The van der Waals surface area contributed by atoms with Gasteiger partial charge in [-0.05, 0) is 80.9 Å². The Balaban J connectivity index is 1.37. The molecule has 5 heteroatoms. The van der Waals surface area contributed by atoms with Gasteiger partial charge in [-0.1, -0.05) is 115 Å². The van der Waals surface area contributed by atoms with Crippen LogP contribution in [0.15, 0.2) is 170 Å². The minimum Gasteiger partial charge on any atom is -0.309 e. The molecule has 0 spiro atoms. The minimum atomic E-state index is -2.71. The largest absolute Gasteiger partial charge is 0.309 e. The number of hydrogen-bond acceptors (Lipinski definition) is 3. The standard InChI is InChI=1S/C45H28N4Si/c46-29-32-16-23-43(49-44-24-17-33(30-47)27-41(44)42-28-34(31-48)18-25-45(42)49)40(26-32)35-19-21-39(22-20-35)50(36-10-4-1-5-11-36,37-12-6-2-7-13-37)38-14-8-3-9-15-38/h1-28H. The quantitative estimate of drug-likeness (QED) is 0.138. The van der Waals surface area contributed by atoms with Crippen molar-refractivity contribution in [2.24, 2.45) is 0 Å². The van der Waals surface area contributed by atoms with Crippen LogP contribution in [0.4, 0.5) is 0 Å². The highest BCUT2D eigenvalue weighted by Gasteiger charge is 2.41. The summed E-state index contributed by atoms with van der Waals surface area (Å²) in [6.45, 7) is 0. The average Bonchev–Trinajstić information content (AvgIpc) is 3.52. The molecule has 7 aromatic carbocycles. The lowest BCUT2D eigenvalue weighted by molar-refractivity contribution is 1.18. The molecule has 0 fully saturated rings. The third kappa shape index (κ3) is 4.88. The van der Waals surface area contributed by atoms with E-state index in [1.165, 1.54) is 20.7 Å². The predicted molar refractivity (Wildman–Crippen MR) is 204 cm³/mol. The van der Waals surface area contributed by atoms with Crippen LogP contribution < -0.4 is 20.7 Å². The van der Waals surface area contributed by atoms with Crippen LogP contribution >= 0.6 is 0 Å². The van der Waals surface area contributed by atoms with Crippen molar-refractivity contribution < 1.29 is 0 Å². The molecule has 0 atom stereocenters. The molecular formula is C45H28N4Si. The molecule has 50 heavy (non-hydrogen) atoms. The van der Waals surface area contributed by atoms with Gasteiger partial charge in [0.25, 0.3) is 0 Å². The van der Waals surface area contributed by atoms with Crippen molar-refractivity contribution in [3.8, 4) is 35.0 Å².